The molecule has 4 N–H and O–H groups in total. The molecule has 5 heteroatoms. The molecule has 1 amide bonds. The van der Waals surface area contributed by atoms with E-state index in [1.54, 1.807) is 30.3 Å². The second kappa shape index (κ2) is 4.85. The molecule has 1 aliphatic rings. The van der Waals surface area contributed by atoms with E-state index in [4.69, 9.17) is 5.73 Å². The lowest BCUT2D eigenvalue weighted by Crippen LogP contribution is -2.05. The van der Waals surface area contributed by atoms with Gasteiger partial charge in [0.15, 0.2) is 0 Å². The van der Waals surface area contributed by atoms with Gasteiger partial charge in [0.2, 0.25) is 5.91 Å². The highest BCUT2D eigenvalue weighted by atomic mass is 19.1. The first-order valence-electron chi connectivity index (χ1n) is 6.33. The Morgan fingerprint density at radius 1 is 1.30 bits per heavy atom. The van der Waals surface area contributed by atoms with Crippen molar-refractivity contribution in [2.24, 2.45) is 0 Å². The molecule has 0 saturated carbocycles. The van der Waals surface area contributed by atoms with Crippen LogP contribution in [0.4, 0.5) is 21.5 Å². The third-order valence-corrected chi connectivity index (χ3v) is 3.33. The largest absolute Gasteiger partial charge is 0.397 e. The van der Waals surface area contributed by atoms with Gasteiger partial charge in [0.1, 0.15) is 5.82 Å². The predicted octanol–water partition coefficient (Wildman–Crippen LogP) is 2.51. The van der Waals surface area contributed by atoms with Crippen LogP contribution < -0.4 is 16.4 Å². The molecule has 3 rings (SSSR count). The molecule has 1 heterocycles. The number of nitrogens with one attached hydrogen (secondary N) is 2. The number of amides is 1. The number of hydrogen-bond acceptors (Lipinski definition) is 3. The summed E-state index contributed by atoms with van der Waals surface area (Å²) in [6, 6.07) is 10.1. The van der Waals surface area contributed by atoms with Gasteiger partial charge in [-0.25, -0.2) is 4.39 Å². The lowest BCUT2D eigenvalue weighted by atomic mass is 10.1. The number of nitrogens with two attached hydrogens (primary N) is 1. The van der Waals surface area contributed by atoms with Crippen LogP contribution in [0.1, 0.15) is 11.1 Å². The number of halogens is 1. The standard InChI is InChI=1S/C15H14FN3O/c16-11-4-2-1-3-9(11)8-18-14-7-13-10(5-12(14)17)6-15(20)19-13/h1-5,7,18H,6,8,17H2,(H,19,20). The predicted molar refractivity (Wildman–Crippen MR) is 76.9 cm³/mol. The van der Waals surface area contributed by atoms with Crippen molar-refractivity contribution in [1.82, 2.24) is 0 Å². The van der Waals surface area contributed by atoms with Crippen molar-refractivity contribution in [1.29, 1.82) is 0 Å². The number of carbonyl (C=O) groups is 1. The Morgan fingerprint density at radius 2 is 2.10 bits per heavy atom. The maximum Gasteiger partial charge on any atom is 0.228 e. The van der Waals surface area contributed by atoms with E-state index >= 15 is 0 Å². The third-order valence-electron chi connectivity index (χ3n) is 3.33. The average molecular weight is 271 g/mol. The summed E-state index contributed by atoms with van der Waals surface area (Å²) in [5.41, 5.74) is 9.41. The summed E-state index contributed by atoms with van der Waals surface area (Å²) in [4.78, 5) is 11.3. The molecule has 4 nitrogen and oxygen atoms in total. The van der Waals surface area contributed by atoms with Crippen LogP contribution in [0.2, 0.25) is 0 Å². The van der Waals surface area contributed by atoms with E-state index in [1.165, 1.54) is 6.07 Å². The molecule has 0 atom stereocenters. The minimum absolute atomic E-state index is 0.0364. The highest BCUT2D eigenvalue weighted by Crippen LogP contribution is 2.31. The fraction of sp³-hybridized carbons (Fsp3) is 0.133. The Hall–Kier alpha value is -2.56. The summed E-state index contributed by atoms with van der Waals surface area (Å²) < 4.78 is 13.5. The fourth-order valence-electron chi connectivity index (χ4n) is 2.28. The number of nitrogen functional groups attached to an aromatic ring is 1. The number of rotatable bonds is 3. The lowest BCUT2D eigenvalue weighted by molar-refractivity contribution is -0.115. The quantitative estimate of drug-likeness (QED) is 0.751. The molecule has 2 aromatic carbocycles. The summed E-state index contributed by atoms with van der Waals surface area (Å²) >= 11 is 0. The van der Waals surface area contributed by atoms with Crippen LogP contribution in [0.5, 0.6) is 0 Å². The number of anilines is 3. The summed E-state index contributed by atoms with van der Waals surface area (Å²) in [6.45, 7) is 0.337. The first kappa shape index (κ1) is 12.5. The Balaban J connectivity index is 1.80. The van der Waals surface area contributed by atoms with Crippen LogP contribution in [0.3, 0.4) is 0 Å². The van der Waals surface area contributed by atoms with Crippen molar-refractivity contribution in [2.75, 3.05) is 16.4 Å². The summed E-state index contributed by atoms with van der Waals surface area (Å²) in [6.07, 6.45) is 0.354. The molecule has 0 fully saturated rings. The molecule has 0 spiro atoms. The molecule has 0 unspecified atom stereocenters. The van der Waals surface area contributed by atoms with Gasteiger partial charge in [0.25, 0.3) is 0 Å². The number of carbonyl (C=O) groups excluding carboxylic acids is 1. The van der Waals surface area contributed by atoms with Gasteiger partial charge >= 0.3 is 0 Å². The van der Waals surface area contributed by atoms with Gasteiger partial charge in [-0.1, -0.05) is 18.2 Å². The average Bonchev–Trinajstić information content (AvgIpc) is 2.76. The molecule has 20 heavy (non-hydrogen) atoms. The van der Waals surface area contributed by atoms with Crippen LogP contribution in [-0.4, -0.2) is 5.91 Å². The van der Waals surface area contributed by atoms with E-state index in [-0.39, 0.29) is 11.7 Å². The molecular formula is C15H14FN3O. The van der Waals surface area contributed by atoms with E-state index in [0.717, 1.165) is 11.3 Å². The van der Waals surface area contributed by atoms with Crippen LogP contribution >= 0.6 is 0 Å². The topological polar surface area (TPSA) is 67.2 Å². The molecular weight excluding hydrogens is 257 g/mol. The zero-order valence-corrected chi connectivity index (χ0v) is 10.7. The van der Waals surface area contributed by atoms with Crippen LogP contribution in [-0.2, 0) is 17.8 Å². The van der Waals surface area contributed by atoms with E-state index in [0.29, 0.717) is 29.9 Å². The van der Waals surface area contributed by atoms with Crippen LogP contribution in [0.15, 0.2) is 36.4 Å². The molecule has 0 bridgehead atoms. The summed E-state index contributed by atoms with van der Waals surface area (Å²) in [7, 11) is 0. The van der Waals surface area contributed by atoms with Gasteiger partial charge in [-0.3, -0.25) is 4.79 Å². The van der Waals surface area contributed by atoms with E-state index in [2.05, 4.69) is 10.6 Å². The van der Waals surface area contributed by atoms with Gasteiger partial charge < -0.3 is 16.4 Å². The molecule has 0 saturated heterocycles. The number of benzene rings is 2. The second-order valence-corrected chi connectivity index (χ2v) is 4.77. The maximum atomic E-state index is 13.5. The molecule has 2 aromatic rings. The van der Waals surface area contributed by atoms with E-state index in [9.17, 15) is 9.18 Å². The van der Waals surface area contributed by atoms with Crippen molar-refractivity contribution < 1.29 is 9.18 Å². The molecule has 0 aliphatic carbocycles. The van der Waals surface area contributed by atoms with Crippen LogP contribution in [0.25, 0.3) is 0 Å². The van der Waals surface area contributed by atoms with E-state index < -0.39 is 0 Å². The second-order valence-electron chi connectivity index (χ2n) is 4.77. The maximum absolute atomic E-state index is 13.5. The van der Waals surface area contributed by atoms with Gasteiger partial charge in [0, 0.05) is 17.8 Å². The lowest BCUT2D eigenvalue weighted by Gasteiger charge is -2.12. The van der Waals surface area contributed by atoms with Gasteiger partial charge in [-0.15, -0.1) is 0 Å². The van der Waals surface area contributed by atoms with Crippen molar-refractivity contribution in [3.63, 3.8) is 0 Å². The summed E-state index contributed by atoms with van der Waals surface area (Å²) in [5.74, 6) is -0.293. The Kier molecular flexibility index (Phi) is 3.02. The highest BCUT2D eigenvalue weighted by Gasteiger charge is 2.19. The molecule has 0 radical (unpaired) electrons. The van der Waals surface area contributed by atoms with Gasteiger partial charge in [-0.2, -0.15) is 0 Å². The number of hydrogen-bond donors (Lipinski definition) is 3. The zero-order chi connectivity index (χ0) is 14.1. The summed E-state index contributed by atoms with van der Waals surface area (Å²) in [5, 5.41) is 5.86. The van der Waals surface area contributed by atoms with Crippen molar-refractivity contribution in [2.45, 2.75) is 13.0 Å². The van der Waals surface area contributed by atoms with Crippen molar-refractivity contribution in [3.05, 3.63) is 53.3 Å². The minimum atomic E-state index is -0.256. The first-order valence-corrected chi connectivity index (χ1v) is 6.33. The zero-order valence-electron chi connectivity index (χ0n) is 10.7. The van der Waals surface area contributed by atoms with Crippen molar-refractivity contribution in [3.8, 4) is 0 Å². The SMILES string of the molecule is Nc1cc2c(cc1NCc1ccccc1F)NC(=O)C2. The fourth-order valence-corrected chi connectivity index (χ4v) is 2.28. The van der Waals surface area contributed by atoms with E-state index in [1.807, 2.05) is 0 Å². The normalized spacial score (nSPS) is 12.9. The van der Waals surface area contributed by atoms with Gasteiger partial charge in [-0.05, 0) is 23.8 Å². The minimum Gasteiger partial charge on any atom is -0.397 e. The smallest absolute Gasteiger partial charge is 0.228 e. The Labute approximate surface area is 115 Å². The van der Waals surface area contributed by atoms with Crippen molar-refractivity contribution >= 4 is 23.0 Å². The first-order chi connectivity index (χ1) is 9.63. The highest BCUT2D eigenvalue weighted by molar-refractivity contribution is 6.00. The number of fused-ring (bicyclic) bond motifs is 1. The Bertz CT molecular complexity index is 685. The van der Waals surface area contributed by atoms with Crippen LogP contribution in [0, 0.1) is 5.82 Å². The van der Waals surface area contributed by atoms with Gasteiger partial charge in [0.05, 0.1) is 17.8 Å². The Morgan fingerprint density at radius 3 is 2.90 bits per heavy atom. The molecule has 1 aliphatic heterocycles. The molecule has 0 aromatic heterocycles. The third kappa shape index (κ3) is 2.30. The molecule has 102 valence electrons. The monoisotopic (exact) mass is 271 g/mol.